The first kappa shape index (κ1) is 11.8. The molecule has 0 amide bonds. The van der Waals surface area contributed by atoms with Crippen molar-refractivity contribution in [2.24, 2.45) is 5.73 Å². The van der Waals surface area contributed by atoms with Crippen LogP contribution in [0.3, 0.4) is 0 Å². The lowest BCUT2D eigenvalue weighted by atomic mass is 10.0. The highest BCUT2D eigenvalue weighted by molar-refractivity contribution is 5.96. The molecule has 4 heteroatoms. The Labute approximate surface area is 88.5 Å². The zero-order chi connectivity index (χ0) is 11.3. The van der Waals surface area contributed by atoms with Gasteiger partial charge in [-0.05, 0) is 12.5 Å². The molecule has 0 aliphatic heterocycles. The SMILES string of the molecule is CCCC(N)CC(=O)c1ccncc1F. The first-order chi connectivity index (χ1) is 7.15. The summed E-state index contributed by atoms with van der Waals surface area (Å²) in [5, 5.41) is 0. The molecule has 0 saturated carbocycles. The van der Waals surface area contributed by atoms with Crippen LogP contribution in [0.4, 0.5) is 4.39 Å². The molecule has 0 spiro atoms. The molecule has 0 bridgehead atoms. The van der Waals surface area contributed by atoms with Crippen LogP contribution in [0, 0.1) is 5.82 Å². The minimum atomic E-state index is -0.578. The molecule has 1 heterocycles. The summed E-state index contributed by atoms with van der Waals surface area (Å²) in [5.41, 5.74) is 5.79. The highest BCUT2D eigenvalue weighted by Crippen LogP contribution is 2.10. The van der Waals surface area contributed by atoms with Crippen LogP contribution in [0.5, 0.6) is 0 Å². The highest BCUT2D eigenvalue weighted by Gasteiger charge is 2.14. The summed E-state index contributed by atoms with van der Waals surface area (Å²) >= 11 is 0. The number of carbonyl (C=O) groups excluding carboxylic acids is 1. The predicted molar refractivity (Wildman–Crippen MR) is 56.0 cm³/mol. The molecule has 3 nitrogen and oxygen atoms in total. The predicted octanol–water partition coefficient (Wildman–Crippen LogP) is 1.92. The first-order valence-corrected chi connectivity index (χ1v) is 5.03. The van der Waals surface area contributed by atoms with Gasteiger partial charge in [-0.25, -0.2) is 4.39 Å². The van der Waals surface area contributed by atoms with Gasteiger partial charge in [0.2, 0.25) is 0 Å². The molecule has 0 radical (unpaired) electrons. The lowest BCUT2D eigenvalue weighted by Crippen LogP contribution is -2.23. The third kappa shape index (κ3) is 3.40. The summed E-state index contributed by atoms with van der Waals surface area (Å²) in [4.78, 5) is 15.2. The van der Waals surface area contributed by atoms with Crippen molar-refractivity contribution in [3.05, 3.63) is 29.8 Å². The third-order valence-electron chi connectivity index (χ3n) is 2.18. The Kier molecular flexibility index (Phi) is 4.37. The Morgan fingerprint density at radius 1 is 1.67 bits per heavy atom. The van der Waals surface area contributed by atoms with Crippen LogP contribution < -0.4 is 5.73 Å². The molecule has 0 aromatic carbocycles. The Bertz CT molecular complexity index is 341. The summed E-state index contributed by atoms with van der Waals surface area (Å²) in [6, 6.07) is 1.20. The molecular formula is C11H15FN2O. The molecule has 1 aromatic rings. The van der Waals surface area contributed by atoms with E-state index in [1.807, 2.05) is 6.92 Å². The maximum absolute atomic E-state index is 13.2. The van der Waals surface area contributed by atoms with Gasteiger partial charge >= 0.3 is 0 Å². The summed E-state index contributed by atoms with van der Waals surface area (Å²) in [6.45, 7) is 2.00. The number of carbonyl (C=O) groups is 1. The summed E-state index contributed by atoms with van der Waals surface area (Å²) in [7, 11) is 0. The number of hydrogen-bond acceptors (Lipinski definition) is 3. The van der Waals surface area contributed by atoms with E-state index in [9.17, 15) is 9.18 Å². The number of nitrogens with two attached hydrogens (primary N) is 1. The Morgan fingerprint density at radius 3 is 3.00 bits per heavy atom. The average molecular weight is 210 g/mol. The van der Waals surface area contributed by atoms with Gasteiger partial charge in [-0.1, -0.05) is 13.3 Å². The molecule has 1 unspecified atom stereocenters. The molecule has 1 rings (SSSR count). The molecule has 2 N–H and O–H groups in total. The summed E-state index contributed by atoms with van der Waals surface area (Å²) < 4.78 is 13.2. The lowest BCUT2D eigenvalue weighted by molar-refractivity contribution is 0.0969. The Balaban J connectivity index is 2.65. The fraction of sp³-hybridized carbons (Fsp3) is 0.455. The number of Topliss-reactive ketones (excluding diaryl/α,β-unsaturated/α-hetero) is 1. The van der Waals surface area contributed by atoms with Crippen LogP contribution in [0.25, 0.3) is 0 Å². The second-order valence-corrected chi connectivity index (χ2v) is 3.53. The van der Waals surface area contributed by atoms with Gasteiger partial charge in [0, 0.05) is 18.7 Å². The molecule has 0 fully saturated rings. The van der Waals surface area contributed by atoms with Gasteiger partial charge in [0.05, 0.1) is 11.8 Å². The Morgan fingerprint density at radius 2 is 2.40 bits per heavy atom. The number of aromatic nitrogens is 1. The molecule has 0 saturated heterocycles. The van der Waals surface area contributed by atoms with E-state index < -0.39 is 5.82 Å². The van der Waals surface area contributed by atoms with Crippen LogP contribution in [0.15, 0.2) is 18.5 Å². The van der Waals surface area contributed by atoms with E-state index in [1.54, 1.807) is 0 Å². The van der Waals surface area contributed by atoms with Crippen LogP contribution >= 0.6 is 0 Å². The quantitative estimate of drug-likeness (QED) is 0.755. The second kappa shape index (κ2) is 5.56. The fourth-order valence-electron chi connectivity index (χ4n) is 1.42. The van der Waals surface area contributed by atoms with E-state index >= 15 is 0 Å². The first-order valence-electron chi connectivity index (χ1n) is 5.03. The third-order valence-corrected chi connectivity index (χ3v) is 2.18. The van der Waals surface area contributed by atoms with Gasteiger partial charge in [0.15, 0.2) is 11.6 Å². The van der Waals surface area contributed by atoms with Crippen LogP contribution in [-0.2, 0) is 0 Å². The van der Waals surface area contributed by atoms with Crippen molar-refractivity contribution in [3.8, 4) is 0 Å². The molecule has 0 aliphatic carbocycles. The van der Waals surface area contributed by atoms with E-state index in [4.69, 9.17) is 5.73 Å². The smallest absolute Gasteiger partial charge is 0.167 e. The average Bonchev–Trinajstić information content (AvgIpc) is 2.18. The van der Waals surface area contributed by atoms with Crippen LogP contribution in [0.1, 0.15) is 36.5 Å². The molecule has 82 valence electrons. The van der Waals surface area contributed by atoms with Gasteiger partial charge in [-0.3, -0.25) is 9.78 Å². The molecule has 0 aliphatic rings. The van der Waals surface area contributed by atoms with E-state index in [2.05, 4.69) is 4.98 Å². The maximum Gasteiger partial charge on any atom is 0.167 e. The summed E-state index contributed by atoms with van der Waals surface area (Å²) in [6.07, 6.45) is 4.33. The van der Waals surface area contributed by atoms with Crippen molar-refractivity contribution >= 4 is 5.78 Å². The van der Waals surface area contributed by atoms with E-state index in [-0.39, 0.29) is 23.8 Å². The van der Waals surface area contributed by atoms with Crippen molar-refractivity contribution in [1.82, 2.24) is 4.98 Å². The van der Waals surface area contributed by atoms with Gasteiger partial charge in [0.25, 0.3) is 0 Å². The van der Waals surface area contributed by atoms with Gasteiger partial charge in [-0.2, -0.15) is 0 Å². The number of halogens is 1. The molecule has 1 aromatic heterocycles. The zero-order valence-electron chi connectivity index (χ0n) is 8.74. The van der Waals surface area contributed by atoms with E-state index in [1.165, 1.54) is 12.3 Å². The highest BCUT2D eigenvalue weighted by atomic mass is 19.1. The van der Waals surface area contributed by atoms with Crippen molar-refractivity contribution in [2.75, 3.05) is 0 Å². The second-order valence-electron chi connectivity index (χ2n) is 3.53. The van der Waals surface area contributed by atoms with Gasteiger partial charge in [-0.15, -0.1) is 0 Å². The maximum atomic E-state index is 13.2. The van der Waals surface area contributed by atoms with Crippen LogP contribution in [-0.4, -0.2) is 16.8 Å². The number of rotatable bonds is 5. The minimum absolute atomic E-state index is 0.0801. The fourth-order valence-corrected chi connectivity index (χ4v) is 1.42. The van der Waals surface area contributed by atoms with E-state index in [0.29, 0.717) is 0 Å². The monoisotopic (exact) mass is 210 g/mol. The number of nitrogens with zero attached hydrogens (tertiary/aromatic N) is 1. The summed E-state index contributed by atoms with van der Waals surface area (Å²) in [5.74, 6) is -0.831. The minimum Gasteiger partial charge on any atom is -0.327 e. The zero-order valence-corrected chi connectivity index (χ0v) is 8.74. The van der Waals surface area contributed by atoms with Gasteiger partial charge < -0.3 is 5.73 Å². The number of hydrogen-bond donors (Lipinski definition) is 1. The van der Waals surface area contributed by atoms with Gasteiger partial charge in [0.1, 0.15) is 0 Å². The lowest BCUT2D eigenvalue weighted by Gasteiger charge is -2.09. The van der Waals surface area contributed by atoms with Crippen molar-refractivity contribution in [1.29, 1.82) is 0 Å². The molecular weight excluding hydrogens is 195 g/mol. The number of pyridine rings is 1. The number of ketones is 1. The topological polar surface area (TPSA) is 56.0 Å². The standard InChI is InChI=1S/C11H15FN2O/c1-2-3-8(13)6-11(15)9-4-5-14-7-10(9)12/h4-5,7-8H,2-3,6,13H2,1H3. The van der Waals surface area contributed by atoms with Crippen LogP contribution in [0.2, 0.25) is 0 Å². The van der Waals surface area contributed by atoms with Crippen molar-refractivity contribution < 1.29 is 9.18 Å². The Hall–Kier alpha value is -1.29. The molecule has 1 atom stereocenters. The molecule has 15 heavy (non-hydrogen) atoms. The van der Waals surface area contributed by atoms with Crippen molar-refractivity contribution in [2.45, 2.75) is 32.2 Å². The largest absolute Gasteiger partial charge is 0.327 e. The van der Waals surface area contributed by atoms with E-state index in [0.717, 1.165) is 19.0 Å². The van der Waals surface area contributed by atoms with Crippen molar-refractivity contribution in [3.63, 3.8) is 0 Å². The normalized spacial score (nSPS) is 12.5.